The summed E-state index contributed by atoms with van der Waals surface area (Å²) in [5.74, 6) is -0.672. The van der Waals surface area contributed by atoms with Gasteiger partial charge < -0.3 is 0 Å². The lowest BCUT2D eigenvalue weighted by Crippen LogP contribution is -2.42. The zero-order chi connectivity index (χ0) is 15.2. The van der Waals surface area contributed by atoms with E-state index in [-0.39, 0.29) is 11.7 Å². The Morgan fingerprint density at radius 1 is 1.33 bits per heavy atom. The number of nitrogens with zero attached hydrogens (tertiary/aromatic N) is 4. The number of halogens is 1. The Morgan fingerprint density at radius 3 is 2.76 bits per heavy atom. The lowest BCUT2D eigenvalue weighted by molar-refractivity contribution is -0.119. The molecule has 110 valence electrons. The second-order valence-electron chi connectivity index (χ2n) is 3.86. The number of nitrogens with one attached hydrogen (secondary N) is 2. The fraction of sp³-hybridized carbons (Fsp3) is 0.182. The second-order valence-corrected chi connectivity index (χ2v) is 5.65. The number of carbonyl (C=O) groups excluding carboxylic acids is 2. The van der Waals surface area contributed by atoms with Gasteiger partial charge in [0.05, 0.1) is 11.3 Å². The van der Waals surface area contributed by atoms with E-state index in [1.807, 2.05) is 0 Å². The van der Waals surface area contributed by atoms with Crippen LogP contribution in [0.1, 0.15) is 10.4 Å². The van der Waals surface area contributed by atoms with Crippen molar-refractivity contribution in [2.45, 2.75) is 5.16 Å². The van der Waals surface area contributed by atoms with Gasteiger partial charge in [0.15, 0.2) is 0 Å². The molecule has 1 aromatic heterocycles. The van der Waals surface area contributed by atoms with Crippen LogP contribution in [0.4, 0.5) is 0 Å². The number of hydrogen-bond acceptors (Lipinski definition) is 6. The largest absolute Gasteiger partial charge is 0.272 e. The molecule has 2 N–H and O–H groups in total. The topological polar surface area (TPSA) is 102 Å². The molecule has 2 amide bonds. The zero-order valence-electron chi connectivity index (χ0n) is 10.9. The number of carbonyl (C=O) groups is 2. The van der Waals surface area contributed by atoms with E-state index in [1.54, 1.807) is 31.3 Å². The van der Waals surface area contributed by atoms with Crippen LogP contribution >= 0.6 is 27.7 Å². The van der Waals surface area contributed by atoms with E-state index < -0.39 is 5.91 Å². The van der Waals surface area contributed by atoms with Crippen molar-refractivity contribution in [2.24, 2.45) is 7.05 Å². The minimum atomic E-state index is -0.402. The summed E-state index contributed by atoms with van der Waals surface area (Å²) in [5.41, 5.74) is 5.11. The molecular weight excluding hydrogens is 360 g/mol. The van der Waals surface area contributed by atoms with Gasteiger partial charge >= 0.3 is 0 Å². The summed E-state index contributed by atoms with van der Waals surface area (Å²) in [6.07, 6.45) is 0. The molecule has 8 nitrogen and oxygen atoms in total. The molecule has 21 heavy (non-hydrogen) atoms. The maximum absolute atomic E-state index is 11.9. The molecule has 0 atom stereocenters. The Kier molecular flexibility index (Phi) is 5.28. The first-order chi connectivity index (χ1) is 10.1. The Balaban J connectivity index is 1.80. The average molecular weight is 371 g/mol. The highest BCUT2D eigenvalue weighted by Gasteiger charge is 2.11. The highest BCUT2D eigenvalue weighted by Crippen LogP contribution is 2.15. The average Bonchev–Trinajstić information content (AvgIpc) is 2.88. The zero-order valence-corrected chi connectivity index (χ0v) is 13.3. The van der Waals surface area contributed by atoms with Crippen molar-refractivity contribution in [3.05, 3.63) is 34.3 Å². The number of tetrazole rings is 1. The number of hydrazine groups is 1. The van der Waals surface area contributed by atoms with E-state index in [0.717, 1.165) is 0 Å². The number of rotatable bonds is 4. The molecule has 0 aliphatic rings. The predicted molar refractivity (Wildman–Crippen MR) is 79.3 cm³/mol. The van der Waals surface area contributed by atoms with Crippen molar-refractivity contribution in [3.8, 4) is 0 Å². The maximum Gasteiger partial charge on any atom is 0.270 e. The van der Waals surface area contributed by atoms with Gasteiger partial charge in [0.25, 0.3) is 5.91 Å². The number of hydrogen-bond donors (Lipinski definition) is 2. The van der Waals surface area contributed by atoms with Crippen molar-refractivity contribution in [1.29, 1.82) is 0 Å². The summed E-state index contributed by atoms with van der Waals surface area (Å²) in [5, 5.41) is 11.4. The summed E-state index contributed by atoms with van der Waals surface area (Å²) in [6, 6.07) is 6.92. The molecular formula is C11H11BrN6O2S. The van der Waals surface area contributed by atoms with Crippen LogP contribution in [0.5, 0.6) is 0 Å². The molecule has 0 spiro atoms. The molecule has 0 radical (unpaired) electrons. The Bertz CT molecular complexity index is 662. The monoisotopic (exact) mass is 370 g/mol. The molecule has 0 saturated heterocycles. The summed E-state index contributed by atoms with van der Waals surface area (Å²) in [6.45, 7) is 0. The minimum Gasteiger partial charge on any atom is -0.272 e. The van der Waals surface area contributed by atoms with Crippen molar-refractivity contribution >= 4 is 39.5 Å². The van der Waals surface area contributed by atoms with Crippen LogP contribution in [0, 0.1) is 0 Å². The smallest absolute Gasteiger partial charge is 0.270 e. The van der Waals surface area contributed by atoms with Crippen LogP contribution in [0.25, 0.3) is 0 Å². The maximum atomic E-state index is 11.9. The van der Waals surface area contributed by atoms with Crippen LogP contribution in [0.2, 0.25) is 0 Å². The number of thioether (sulfide) groups is 1. The summed E-state index contributed by atoms with van der Waals surface area (Å²) in [4.78, 5) is 23.5. The Hall–Kier alpha value is -1.94. The van der Waals surface area contributed by atoms with Gasteiger partial charge in [0.1, 0.15) is 0 Å². The molecule has 1 heterocycles. The third-order valence-corrected chi connectivity index (χ3v) is 4.05. The van der Waals surface area contributed by atoms with Gasteiger partial charge in [-0.3, -0.25) is 20.4 Å². The van der Waals surface area contributed by atoms with Crippen molar-refractivity contribution < 1.29 is 9.59 Å². The first kappa shape index (κ1) is 15.4. The van der Waals surface area contributed by atoms with Crippen LogP contribution in [0.3, 0.4) is 0 Å². The number of aromatic nitrogens is 4. The molecule has 0 saturated carbocycles. The Labute approximate surface area is 132 Å². The van der Waals surface area contributed by atoms with E-state index in [0.29, 0.717) is 15.2 Å². The molecule has 2 rings (SSSR count). The van der Waals surface area contributed by atoms with E-state index in [2.05, 4.69) is 42.3 Å². The molecule has 10 heteroatoms. The second kappa shape index (κ2) is 7.18. The molecule has 1 aromatic carbocycles. The SMILES string of the molecule is Cn1nnnc1SCC(=O)NNC(=O)c1ccccc1Br. The van der Waals surface area contributed by atoms with Crippen molar-refractivity contribution in [2.75, 3.05) is 5.75 Å². The number of amides is 2. The quantitative estimate of drug-likeness (QED) is 0.601. The van der Waals surface area contributed by atoms with Gasteiger partial charge in [-0.25, -0.2) is 4.68 Å². The predicted octanol–water partition coefficient (Wildman–Crippen LogP) is 0.526. The van der Waals surface area contributed by atoms with Gasteiger partial charge in [-0.1, -0.05) is 23.9 Å². The van der Waals surface area contributed by atoms with E-state index in [9.17, 15) is 9.59 Å². The molecule has 0 fully saturated rings. The molecule has 2 aromatic rings. The molecule has 0 unspecified atom stereocenters. The summed E-state index contributed by atoms with van der Waals surface area (Å²) in [7, 11) is 1.68. The Morgan fingerprint density at radius 2 is 2.10 bits per heavy atom. The number of aryl methyl sites for hydroxylation is 1. The number of benzene rings is 1. The minimum absolute atomic E-state index is 0.0878. The standard InChI is InChI=1S/C11H11BrN6O2S/c1-18-11(15-16-17-18)21-6-9(19)13-14-10(20)7-4-2-3-5-8(7)12/h2-5H,6H2,1H3,(H,13,19)(H,14,20). The summed E-state index contributed by atoms with van der Waals surface area (Å²) < 4.78 is 2.11. The van der Waals surface area contributed by atoms with E-state index in [4.69, 9.17) is 0 Å². The van der Waals surface area contributed by atoms with Crippen LogP contribution in [-0.2, 0) is 11.8 Å². The lowest BCUT2D eigenvalue weighted by atomic mass is 10.2. The van der Waals surface area contributed by atoms with Crippen molar-refractivity contribution in [1.82, 2.24) is 31.1 Å². The lowest BCUT2D eigenvalue weighted by Gasteiger charge is -2.08. The first-order valence-corrected chi connectivity index (χ1v) is 7.54. The highest BCUT2D eigenvalue weighted by atomic mass is 79.9. The first-order valence-electron chi connectivity index (χ1n) is 5.77. The van der Waals surface area contributed by atoms with E-state index in [1.165, 1.54) is 16.4 Å². The van der Waals surface area contributed by atoms with Crippen molar-refractivity contribution in [3.63, 3.8) is 0 Å². The van der Waals surface area contributed by atoms with Crippen LogP contribution < -0.4 is 10.9 Å². The highest BCUT2D eigenvalue weighted by molar-refractivity contribution is 9.10. The van der Waals surface area contributed by atoms with Crippen LogP contribution in [-0.4, -0.2) is 37.8 Å². The van der Waals surface area contributed by atoms with Gasteiger partial charge in [0, 0.05) is 11.5 Å². The van der Waals surface area contributed by atoms with Gasteiger partial charge in [-0.05, 0) is 38.5 Å². The molecule has 0 aliphatic carbocycles. The van der Waals surface area contributed by atoms with Gasteiger partial charge in [-0.15, -0.1) is 5.10 Å². The fourth-order valence-electron chi connectivity index (χ4n) is 1.35. The third-order valence-electron chi connectivity index (χ3n) is 2.35. The van der Waals surface area contributed by atoms with Crippen LogP contribution in [0.15, 0.2) is 33.9 Å². The fourth-order valence-corrected chi connectivity index (χ4v) is 2.46. The third kappa shape index (κ3) is 4.26. The normalized spacial score (nSPS) is 10.2. The molecule has 0 bridgehead atoms. The summed E-state index contributed by atoms with van der Waals surface area (Å²) >= 11 is 4.43. The van der Waals surface area contributed by atoms with Gasteiger partial charge in [-0.2, -0.15) is 0 Å². The van der Waals surface area contributed by atoms with E-state index >= 15 is 0 Å². The van der Waals surface area contributed by atoms with Gasteiger partial charge in [0.2, 0.25) is 11.1 Å². The molecule has 0 aliphatic heterocycles.